The quantitative estimate of drug-likeness (QED) is 0.638. The monoisotopic (exact) mass is 162 g/mol. The number of hydrazine groups is 1. The van der Waals surface area contributed by atoms with Crippen molar-refractivity contribution in [2.75, 3.05) is 6.54 Å². The number of allylic oxidation sites excluding steroid dienone is 3. The Morgan fingerprint density at radius 1 is 1.58 bits per heavy atom. The van der Waals surface area contributed by atoms with Crippen molar-refractivity contribution >= 4 is 0 Å². The van der Waals surface area contributed by atoms with Gasteiger partial charge in [-0.1, -0.05) is 24.8 Å². The van der Waals surface area contributed by atoms with E-state index in [0.717, 1.165) is 17.8 Å². The fraction of sp³-hybridized carbons (Fsp3) is 0.200. The molecule has 64 valence electrons. The van der Waals surface area contributed by atoms with E-state index in [9.17, 15) is 0 Å². The van der Waals surface area contributed by atoms with Crippen molar-refractivity contribution in [3.05, 3.63) is 48.9 Å². The van der Waals surface area contributed by atoms with Crippen LogP contribution < -0.4 is 5.43 Å². The first-order valence-electron chi connectivity index (χ1n) is 3.91. The Kier molecular flexibility index (Phi) is 2.88. The van der Waals surface area contributed by atoms with Crippen LogP contribution in [0.15, 0.2) is 48.9 Å². The van der Waals surface area contributed by atoms with Gasteiger partial charge in [0.15, 0.2) is 0 Å². The maximum absolute atomic E-state index is 3.87. The molecular weight excluding hydrogens is 148 g/mol. The van der Waals surface area contributed by atoms with Crippen LogP contribution in [-0.4, -0.2) is 11.6 Å². The fourth-order valence-electron chi connectivity index (χ4n) is 0.853. The van der Waals surface area contributed by atoms with Crippen molar-refractivity contribution in [3.63, 3.8) is 0 Å². The van der Waals surface area contributed by atoms with Gasteiger partial charge in [-0.25, -0.2) is 5.43 Å². The number of nitrogens with one attached hydrogen (secondary N) is 1. The molecule has 0 aromatic rings. The molecule has 12 heavy (non-hydrogen) atoms. The van der Waals surface area contributed by atoms with Crippen molar-refractivity contribution in [2.24, 2.45) is 0 Å². The number of nitrogens with zero attached hydrogens (tertiary/aromatic N) is 1. The van der Waals surface area contributed by atoms with Gasteiger partial charge in [-0.05, 0) is 19.1 Å². The van der Waals surface area contributed by atoms with E-state index < -0.39 is 0 Å². The molecule has 0 amide bonds. The van der Waals surface area contributed by atoms with E-state index in [1.54, 1.807) is 0 Å². The molecule has 1 rings (SSSR count). The van der Waals surface area contributed by atoms with Crippen LogP contribution in [0.4, 0.5) is 0 Å². The molecule has 0 unspecified atom stereocenters. The second kappa shape index (κ2) is 3.93. The first-order chi connectivity index (χ1) is 5.70. The first kappa shape index (κ1) is 8.81. The van der Waals surface area contributed by atoms with Gasteiger partial charge in [0, 0.05) is 18.4 Å². The molecule has 0 atom stereocenters. The van der Waals surface area contributed by atoms with Crippen LogP contribution in [0, 0.1) is 0 Å². The number of hydrogen-bond donors (Lipinski definition) is 1. The summed E-state index contributed by atoms with van der Waals surface area (Å²) in [5.41, 5.74) is 5.21. The third kappa shape index (κ3) is 2.40. The van der Waals surface area contributed by atoms with Gasteiger partial charge in [0.1, 0.15) is 0 Å². The van der Waals surface area contributed by atoms with Gasteiger partial charge < -0.3 is 0 Å². The predicted molar refractivity (Wildman–Crippen MR) is 52.1 cm³/mol. The molecule has 0 fully saturated rings. The summed E-state index contributed by atoms with van der Waals surface area (Å²) in [6, 6.07) is 0. The maximum Gasteiger partial charge on any atom is 0.0499 e. The first-order valence-corrected chi connectivity index (χ1v) is 3.91. The minimum absolute atomic E-state index is 0.775. The van der Waals surface area contributed by atoms with Crippen LogP contribution in [0.5, 0.6) is 0 Å². The molecule has 0 saturated carbocycles. The molecule has 1 aliphatic rings. The molecule has 0 saturated heterocycles. The highest BCUT2D eigenvalue weighted by molar-refractivity contribution is 5.24. The van der Waals surface area contributed by atoms with Gasteiger partial charge >= 0.3 is 0 Å². The number of hydrogen-bond acceptors (Lipinski definition) is 2. The van der Waals surface area contributed by atoms with E-state index in [-0.39, 0.29) is 0 Å². The Bertz CT molecular complexity index is 249. The summed E-state index contributed by atoms with van der Waals surface area (Å²) < 4.78 is 0. The standard InChI is InChI=1S/C10H14N2/c1-9(2)8-11-12-7-5-4-6-10(12)3/h4-7,11H,1,3,8H2,2H3. The second-order valence-electron chi connectivity index (χ2n) is 2.85. The lowest BCUT2D eigenvalue weighted by molar-refractivity contribution is 0.361. The van der Waals surface area contributed by atoms with E-state index in [1.165, 1.54) is 0 Å². The third-order valence-corrected chi connectivity index (χ3v) is 1.50. The van der Waals surface area contributed by atoms with E-state index in [2.05, 4.69) is 18.6 Å². The molecule has 0 spiro atoms. The van der Waals surface area contributed by atoms with E-state index in [0.29, 0.717) is 0 Å². The largest absolute Gasteiger partial charge is 0.285 e. The lowest BCUT2D eigenvalue weighted by atomic mass is 10.3. The third-order valence-electron chi connectivity index (χ3n) is 1.50. The van der Waals surface area contributed by atoms with Crippen molar-refractivity contribution in [2.45, 2.75) is 6.92 Å². The normalized spacial score (nSPS) is 15.4. The highest BCUT2D eigenvalue weighted by Gasteiger charge is 2.01. The predicted octanol–water partition coefficient (Wildman–Crippen LogP) is 1.97. The Morgan fingerprint density at radius 2 is 2.33 bits per heavy atom. The van der Waals surface area contributed by atoms with Gasteiger partial charge in [-0.2, -0.15) is 0 Å². The van der Waals surface area contributed by atoms with Crippen LogP contribution in [0.2, 0.25) is 0 Å². The summed E-state index contributed by atoms with van der Waals surface area (Å²) in [6.45, 7) is 10.4. The Morgan fingerprint density at radius 3 is 2.92 bits per heavy atom. The number of rotatable bonds is 3. The smallest absolute Gasteiger partial charge is 0.0499 e. The van der Waals surface area contributed by atoms with Gasteiger partial charge in [-0.15, -0.1) is 0 Å². The van der Waals surface area contributed by atoms with Crippen LogP contribution in [0.3, 0.4) is 0 Å². The lowest BCUT2D eigenvalue weighted by Gasteiger charge is -2.23. The van der Waals surface area contributed by atoms with Crippen LogP contribution >= 0.6 is 0 Å². The summed E-state index contributed by atoms with van der Waals surface area (Å²) in [5.74, 6) is 0. The van der Waals surface area contributed by atoms with Crippen molar-refractivity contribution in [1.82, 2.24) is 10.4 Å². The topological polar surface area (TPSA) is 15.3 Å². The summed E-state index contributed by atoms with van der Waals surface area (Å²) in [7, 11) is 0. The summed E-state index contributed by atoms with van der Waals surface area (Å²) in [4.78, 5) is 0. The zero-order valence-electron chi connectivity index (χ0n) is 7.38. The lowest BCUT2D eigenvalue weighted by Crippen LogP contribution is -2.33. The van der Waals surface area contributed by atoms with Gasteiger partial charge in [0.05, 0.1) is 0 Å². The van der Waals surface area contributed by atoms with Crippen molar-refractivity contribution in [3.8, 4) is 0 Å². The molecular formula is C10H14N2. The molecule has 0 aromatic heterocycles. The Balaban J connectivity index is 2.42. The van der Waals surface area contributed by atoms with Crippen LogP contribution in [0.25, 0.3) is 0 Å². The van der Waals surface area contributed by atoms with E-state index >= 15 is 0 Å². The average Bonchev–Trinajstić information content (AvgIpc) is 2.03. The van der Waals surface area contributed by atoms with Gasteiger partial charge in [-0.3, -0.25) is 5.01 Å². The Hall–Kier alpha value is -1.28. The van der Waals surface area contributed by atoms with E-state index in [4.69, 9.17) is 0 Å². The minimum Gasteiger partial charge on any atom is -0.285 e. The summed E-state index contributed by atoms with van der Waals surface area (Å²) in [5, 5.41) is 1.88. The highest BCUT2D eigenvalue weighted by Crippen LogP contribution is 2.06. The molecule has 0 radical (unpaired) electrons. The van der Waals surface area contributed by atoms with Gasteiger partial charge in [0.2, 0.25) is 0 Å². The molecule has 0 aromatic carbocycles. The van der Waals surface area contributed by atoms with Crippen molar-refractivity contribution < 1.29 is 0 Å². The molecule has 0 aliphatic carbocycles. The van der Waals surface area contributed by atoms with Crippen LogP contribution in [-0.2, 0) is 0 Å². The molecule has 0 bridgehead atoms. The second-order valence-corrected chi connectivity index (χ2v) is 2.85. The zero-order chi connectivity index (χ0) is 8.97. The van der Waals surface area contributed by atoms with Crippen molar-refractivity contribution in [1.29, 1.82) is 0 Å². The Labute approximate surface area is 73.5 Å². The molecule has 2 heteroatoms. The molecule has 2 nitrogen and oxygen atoms in total. The SMILES string of the molecule is C=C(C)CNN1C=CC=CC1=C. The summed E-state index contributed by atoms with van der Waals surface area (Å²) in [6.07, 6.45) is 7.80. The van der Waals surface area contributed by atoms with Gasteiger partial charge in [0.25, 0.3) is 0 Å². The zero-order valence-corrected chi connectivity index (χ0v) is 7.38. The summed E-state index contributed by atoms with van der Waals surface area (Å²) >= 11 is 0. The average molecular weight is 162 g/mol. The maximum atomic E-state index is 3.87. The minimum atomic E-state index is 0.775. The highest BCUT2D eigenvalue weighted by atomic mass is 15.5. The molecule has 1 heterocycles. The molecule has 1 aliphatic heterocycles. The fourth-order valence-corrected chi connectivity index (χ4v) is 0.853. The molecule has 1 N–H and O–H groups in total. The van der Waals surface area contributed by atoms with Crippen LogP contribution in [0.1, 0.15) is 6.92 Å². The van der Waals surface area contributed by atoms with E-state index in [1.807, 2.05) is 36.4 Å².